The van der Waals surface area contributed by atoms with Crippen molar-refractivity contribution < 1.29 is 18.3 Å². The average Bonchev–Trinajstić information content (AvgIpc) is 3.03. The Hall–Kier alpha value is -3.74. The molecule has 4 rings (SSSR count). The van der Waals surface area contributed by atoms with Crippen LogP contribution in [-0.2, 0) is 17.7 Å². The Morgan fingerprint density at radius 1 is 1.06 bits per heavy atom. The van der Waals surface area contributed by atoms with E-state index < -0.39 is 11.7 Å². The van der Waals surface area contributed by atoms with E-state index in [1.165, 1.54) is 24.3 Å². The van der Waals surface area contributed by atoms with Crippen LogP contribution in [-0.4, -0.2) is 21.2 Å². The monoisotopic (exact) mass is 477 g/mol. The number of hydrogen-bond donors (Lipinski definition) is 1. The fourth-order valence-corrected chi connectivity index (χ4v) is 4.78. The molecule has 1 atom stereocenters. The van der Waals surface area contributed by atoms with Gasteiger partial charge in [0.05, 0.1) is 11.0 Å². The largest absolute Gasteiger partial charge is 0.443 e. The van der Waals surface area contributed by atoms with E-state index in [1.807, 2.05) is 39.8 Å². The van der Waals surface area contributed by atoms with Crippen LogP contribution in [0, 0.1) is 25.5 Å². The second-order valence-electron chi connectivity index (χ2n) is 9.43. The summed E-state index contributed by atoms with van der Waals surface area (Å²) in [6.45, 7) is 8.11. The number of carbonyl (C=O) groups excluding carboxylic acids is 1. The maximum Gasteiger partial charge on any atom is 0.405 e. The summed E-state index contributed by atoms with van der Waals surface area (Å²) in [5, 5.41) is 0. The zero-order valence-electron chi connectivity index (χ0n) is 20.3. The highest BCUT2D eigenvalue weighted by molar-refractivity contribution is 5.85. The minimum Gasteiger partial charge on any atom is -0.443 e. The summed E-state index contributed by atoms with van der Waals surface area (Å²) < 4.78 is 35.2. The molecule has 1 unspecified atom stereocenters. The smallest absolute Gasteiger partial charge is 0.405 e. The molecule has 35 heavy (non-hydrogen) atoms. The van der Waals surface area contributed by atoms with Gasteiger partial charge in [-0.1, -0.05) is 24.3 Å². The van der Waals surface area contributed by atoms with E-state index in [9.17, 15) is 13.6 Å². The van der Waals surface area contributed by atoms with Gasteiger partial charge in [0, 0.05) is 24.4 Å². The van der Waals surface area contributed by atoms with E-state index in [-0.39, 0.29) is 17.6 Å². The van der Waals surface area contributed by atoms with Gasteiger partial charge in [0.2, 0.25) is 0 Å². The number of hydrogen-bond acceptors (Lipinski definition) is 3. The lowest BCUT2D eigenvalue weighted by Gasteiger charge is -2.34. The molecule has 4 aromatic rings. The predicted molar refractivity (Wildman–Crippen MR) is 132 cm³/mol. The van der Waals surface area contributed by atoms with Crippen LogP contribution < -0.4 is 5.73 Å². The minimum absolute atomic E-state index is 0.295. The molecule has 0 saturated heterocycles. The number of halogens is 2. The molecule has 0 spiro atoms. The lowest BCUT2D eigenvalue weighted by Crippen LogP contribution is -2.38. The van der Waals surface area contributed by atoms with Crippen molar-refractivity contribution in [1.29, 1.82) is 0 Å². The molecular weight excluding hydrogens is 448 g/mol. The van der Waals surface area contributed by atoms with Gasteiger partial charge in [0.1, 0.15) is 17.2 Å². The highest BCUT2D eigenvalue weighted by Crippen LogP contribution is 2.39. The summed E-state index contributed by atoms with van der Waals surface area (Å²) >= 11 is 0. The Morgan fingerprint density at radius 2 is 1.77 bits per heavy atom. The highest BCUT2D eigenvalue weighted by atomic mass is 19.1. The van der Waals surface area contributed by atoms with Gasteiger partial charge in [0.25, 0.3) is 0 Å². The van der Waals surface area contributed by atoms with Crippen molar-refractivity contribution in [3.8, 4) is 0 Å². The number of nitrogens with two attached hydrogens (primary N) is 1. The van der Waals surface area contributed by atoms with Crippen molar-refractivity contribution in [2.45, 2.75) is 52.2 Å². The Balaban J connectivity index is 1.91. The Morgan fingerprint density at radius 3 is 2.43 bits per heavy atom. The van der Waals surface area contributed by atoms with Crippen LogP contribution in [0.1, 0.15) is 47.7 Å². The number of aromatic nitrogens is 2. The van der Waals surface area contributed by atoms with E-state index in [0.29, 0.717) is 13.0 Å². The first kappa shape index (κ1) is 24.4. The number of amides is 1. The summed E-state index contributed by atoms with van der Waals surface area (Å²) in [5.41, 5.74) is 10.8. The Kier molecular flexibility index (Phi) is 6.61. The molecule has 0 aliphatic rings. The first-order chi connectivity index (χ1) is 16.6. The Bertz CT molecular complexity index is 1380. The molecule has 0 aliphatic carbocycles. The van der Waals surface area contributed by atoms with E-state index >= 15 is 0 Å². The van der Waals surface area contributed by atoms with Gasteiger partial charge in [-0.2, -0.15) is 0 Å². The van der Waals surface area contributed by atoms with Crippen LogP contribution in [0.4, 0.5) is 13.6 Å². The van der Waals surface area contributed by atoms with E-state index in [2.05, 4.69) is 9.55 Å². The molecule has 0 bridgehead atoms. The number of benzene rings is 2. The molecular formula is C28H29F2N3O2. The van der Waals surface area contributed by atoms with Crippen molar-refractivity contribution in [1.82, 2.24) is 9.55 Å². The molecule has 182 valence electrons. The number of carbonyl (C=O) groups is 1. The fourth-order valence-electron chi connectivity index (χ4n) is 4.78. The molecule has 0 radical (unpaired) electrons. The van der Waals surface area contributed by atoms with Crippen molar-refractivity contribution in [3.05, 3.63) is 100 Å². The maximum atomic E-state index is 13.9. The quantitative estimate of drug-likeness (QED) is 0.346. The van der Waals surface area contributed by atoms with E-state index in [0.717, 1.165) is 39.0 Å². The molecule has 0 fully saturated rings. The number of aryl methyl sites for hydroxylation is 1. The summed E-state index contributed by atoms with van der Waals surface area (Å²) in [7, 11) is 0. The number of ether oxygens (including phenoxy) is 1. The molecule has 5 nitrogen and oxygen atoms in total. The second kappa shape index (κ2) is 9.49. The number of nitrogens with zero attached hydrogens (tertiary/aromatic N) is 2. The zero-order chi connectivity index (χ0) is 25.3. The predicted octanol–water partition coefficient (Wildman–Crippen LogP) is 6.18. The van der Waals surface area contributed by atoms with Gasteiger partial charge in [0.15, 0.2) is 0 Å². The molecule has 2 N–H and O–H groups in total. The van der Waals surface area contributed by atoms with E-state index in [4.69, 9.17) is 10.5 Å². The fraction of sp³-hybridized carbons (Fsp3) is 0.286. The van der Waals surface area contributed by atoms with Gasteiger partial charge in [-0.05, 0) is 86.7 Å². The standard InChI is InChI=1S/C28H29F2N3O2/c1-17-18(2)33(16-20-6-5-7-22(30)14-20)26-23(12-13-32-25(17)26)24(28(3,4)35-27(31)34)15-19-8-10-21(29)11-9-19/h5-14,24H,15-16H2,1-4H3,(H2,31,34). The zero-order valence-corrected chi connectivity index (χ0v) is 20.3. The van der Waals surface area contributed by atoms with Gasteiger partial charge in [-0.3, -0.25) is 4.98 Å². The normalized spacial score (nSPS) is 12.6. The molecule has 1 amide bonds. The molecule has 7 heteroatoms. The third kappa shape index (κ3) is 5.04. The van der Waals surface area contributed by atoms with Crippen molar-refractivity contribution in [2.75, 3.05) is 0 Å². The van der Waals surface area contributed by atoms with Gasteiger partial charge in [-0.25, -0.2) is 13.6 Å². The first-order valence-electron chi connectivity index (χ1n) is 11.5. The van der Waals surface area contributed by atoms with Crippen LogP contribution >= 0.6 is 0 Å². The van der Waals surface area contributed by atoms with E-state index in [1.54, 1.807) is 24.4 Å². The SMILES string of the molecule is Cc1c(C)n(Cc2cccc(F)c2)c2c(C(Cc3ccc(F)cc3)C(C)(C)OC(N)=O)ccnc12. The lowest BCUT2D eigenvalue weighted by molar-refractivity contribution is 0.0239. The van der Waals surface area contributed by atoms with Gasteiger partial charge in [-0.15, -0.1) is 0 Å². The van der Waals surface area contributed by atoms with Crippen LogP contribution in [0.15, 0.2) is 60.8 Å². The Labute approximate surface area is 203 Å². The third-order valence-corrected chi connectivity index (χ3v) is 6.69. The summed E-state index contributed by atoms with van der Waals surface area (Å²) in [4.78, 5) is 16.5. The molecule has 2 aromatic heterocycles. The van der Waals surface area contributed by atoms with Crippen molar-refractivity contribution in [3.63, 3.8) is 0 Å². The number of primary amides is 1. The topological polar surface area (TPSA) is 70.1 Å². The molecule has 2 aromatic carbocycles. The molecule has 0 aliphatic heterocycles. The first-order valence-corrected chi connectivity index (χ1v) is 11.5. The van der Waals surface area contributed by atoms with Gasteiger partial charge < -0.3 is 15.0 Å². The van der Waals surface area contributed by atoms with Crippen LogP contribution in [0.3, 0.4) is 0 Å². The molecule has 0 saturated carbocycles. The second-order valence-corrected chi connectivity index (χ2v) is 9.43. The van der Waals surface area contributed by atoms with Crippen LogP contribution in [0.5, 0.6) is 0 Å². The number of rotatable bonds is 7. The minimum atomic E-state index is -0.982. The number of fused-ring (bicyclic) bond motifs is 1. The average molecular weight is 478 g/mol. The summed E-state index contributed by atoms with van der Waals surface area (Å²) in [5.74, 6) is -0.942. The van der Waals surface area contributed by atoms with Crippen LogP contribution in [0.2, 0.25) is 0 Å². The number of pyridine rings is 1. The lowest BCUT2D eigenvalue weighted by atomic mass is 9.79. The summed E-state index contributed by atoms with van der Waals surface area (Å²) in [6, 6.07) is 14.7. The van der Waals surface area contributed by atoms with Crippen molar-refractivity contribution in [2.24, 2.45) is 5.73 Å². The summed E-state index contributed by atoms with van der Waals surface area (Å²) in [6.07, 6.45) is 1.35. The third-order valence-electron chi connectivity index (χ3n) is 6.69. The maximum absolute atomic E-state index is 13.9. The highest BCUT2D eigenvalue weighted by Gasteiger charge is 2.36. The van der Waals surface area contributed by atoms with Gasteiger partial charge >= 0.3 is 6.09 Å². The van der Waals surface area contributed by atoms with Crippen molar-refractivity contribution >= 4 is 17.1 Å². The molecule has 2 heterocycles. The van der Waals surface area contributed by atoms with Crippen LogP contribution in [0.25, 0.3) is 11.0 Å².